The van der Waals surface area contributed by atoms with Gasteiger partial charge in [0.1, 0.15) is 6.10 Å². The van der Waals surface area contributed by atoms with E-state index in [0.29, 0.717) is 35.2 Å². The van der Waals surface area contributed by atoms with Crippen LogP contribution in [0, 0.1) is 5.92 Å². The zero-order chi connectivity index (χ0) is 22.2. The third-order valence-corrected chi connectivity index (χ3v) is 6.37. The molecule has 1 saturated carbocycles. The summed E-state index contributed by atoms with van der Waals surface area (Å²) in [6.07, 6.45) is 1.37. The van der Waals surface area contributed by atoms with Crippen molar-refractivity contribution in [1.29, 1.82) is 0 Å². The summed E-state index contributed by atoms with van der Waals surface area (Å²) < 4.78 is 11.4. The predicted octanol–water partition coefficient (Wildman–Crippen LogP) is 3.36. The first-order valence-electron chi connectivity index (χ1n) is 10.8. The molecule has 5 rings (SSSR count). The number of amides is 1. The van der Waals surface area contributed by atoms with Gasteiger partial charge in [-0.1, -0.05) is 23.7 Å². The second kappa shape index (κ2) is 8.60. The second-order valence-electron chi connectivity index (χ2n) is 8.52. The number of halogens is 1. The number of H-pyrrole nitrogens is 1. The quantitative estimate of drug-likeness (QED) is 0.635. The lowest BCUT2D eigenvalue weighted by molar-refractivity contribution is -0.139. The Kier molecular flexibility index (Phi) is 5.65. The maximum atomic E-state index is 12.0. The summed E-state index contributed by atoms with van der Waals surface area (Å²) >= 11 is 6.54. The normalized spacial score (nSPS) is 20.8. The Bertz CT molecular complexity index is 1120. The fourth-order valence-electron chi connectivity index (χ4n) is 4.19. The summed E-state index contributed by atoms with van der Waals surface area (Å²) in [6, 6.07) is 10.5. The number of carbonyl (C=O) groups excluding carboxylic acids is 1. The molecule has 1 N–H and O–H groups in total. The lowest BCUT2D eigenvalue weighted by Crippen LogP contribution is -2.43. The minimum absolute atomic E-state index is 0.0212. The van der Waals surface area contributed by atoms with Crippen molar-refractivity contribution in [2.75, 3.05) is 45.3 Å². The zero-order valence-electron chi connectivity index (χ0n) is 18.2. The molecule has 0 spiro atoms. The number of hydrogen-bond acceptors (Lipinski definition) is 6. The second-order valence-corrected chi connectivity index (χ2v) is 8.93. The molecule has 1 aliphatic heterocycles. The summed E-state index contributed by atoms with van der Waals surface area (Å²) in [7, 11) is 3.55. The lowest BCUT2D eigenvalue weighted by Gasteiger charge is -2.34. The van der Waals surface area contributed by atoms with E-state index >= 15 is 0 Å². The standard InChI is InChI=1S/C23H26ClN5O3/c1-28(2)22(30)15-11-17(12-15)32-23-25-19-13-18(24)20(26-21(19)27-23)14-3-5-16(6-4-14)29-7-9-31-10-8-29/h3-6,13,15,17H,7-12H2,1-2H3,(H,25,26,27). The van der Waals surface area contributed by atoms with E-state index in [1.165, 1.54) is 0 Å². The van der Waals surface area contributed by atoms with Crippen molar-refractivity contribution in [3.8, 4) is 17.3 Å². The summed E-state index contributed by atoms with van der Waals surface area (Å²) in [6.45, 7) is 3.29. The fourth-order valence-corrected chi connectivity index (χ4v) is 4.45. The number of aromatic amines is 1. The van der Waals surface area contributed by atoms with Gasteiger partial charge in [-0.25, -0.2) is 4.98 Å². The predicted molar refractivity (Wildman–Crippen MR) is 123 cm³/mol. The zero-order valence-corrected chi connectivity index (χ0v) is 18.9. The number of morpholine rings is 1. The number of rotatable bonds is 5. The number of ether oxygens (including phenoxy) is 2. The number of benzene rings is 1. The highest BCUT2D eigenvalue weighted by Gasteiger charge is 2.37. The molecule has 9 heteroatoms. The van der Waals surface area contributed by atoms with Gasteiger partial charge >= 0.3 is 0 Å². The number of imidazole rings is 1. The number of pyridine rings is 1. The first-order chi connectivity index (χ1) is 15.5. The lowest BCUT2D eigenvalue weighted by atomic mass is 9.81. The van der Waals surface area contributed by atoms with Crippen LogP contribution in [-0.2, 0) is 9.53 Å². The van der Waals surface area contributed by atoms with Crippen molar-refractivity contribution in [3.05, 3.63) is 35.4 Å². The molecule has 2 fully saturated rings. The van der Waals surface area contributed by atoms with Crippen LogP contribution < -0.4 is 9.64 Å². The molecular weight excluding hydrogens is 430 g/mol. The van der Waals surface area contributed by atoms with E-state index in [2.05, 4.69) is 32.0 Å². The Balaban J connectivity index is 1.30. The van der Waals surface area contributed by atoms with Crippen LogP contribution in [-0.4, -0.2) is 72.3 Å². The Morgan fingerprint density at radius 1 is 1.19 bits per heavy atom. The number of nitrogens with zero attached hydrogens (tertiary/aromatic N) is 4. The van der Waals surface area contributed by atoms with E-state index in [4.69, 9.17) is 21.1 Å². The van der Waals surface area contributed by atoms with E-state index in [1.54, 1.807) is 19.0 Å². The van der Waals surface area contributed by atoms with Crippen LogP contribution in [0.25, 0.3) is 22.4 Å². The minimum Gasteiger partial charge on any atom is -0.461 e. The SMILES string of the molecule is CN(C)C(=O)C1CC(Oc2nc3nc(-c4ccc(N5CCOCC5)cc4)c(Cl)cc3[nH]2)C1. The molecule has 1 aromatic carbocycles. The smallest absolute Gasteiger partial charge is 0.296 e. The van der Waals surface area contributed by atoms with Gasteiger partial charge in [-0.15, -0.1) is 0 Å². The highest BCUT2D eigenvalue weighted by molar-refractivity contribution is 6.33. The Labute approximate surface area is 191 Å². The van der Waals surface area contributed by atoms with Crippen molar-refractivity contribution >= 4 is 34.4 Å². The van der Waals surface area contributed by atoms with Crippen molar-refractivity contribution in [2.24, 2.45) is 5.92 Å². The first kappa shape index (κ1) is 21.0. The van der Waals surface area contributed by atoms with E-state index in [9.17, 15) is 4.79 Å². The van der Waals surface area contributed by atoms with Gasteiger partial charge in [0.2, 0.25) is 5.91 Å². The van der Waals surface area contributed by atoms with Gasteiger partial charge in [-0.3, -0.25) is 4.79 Å². The van der Waals surface area contributed by atoms with E-state index < -0.39 is 0 Å². The Morgan fingerprint density at radius 2 is 1.91 bits per heavy atom. The molecule has 0 radical (unpaired) electrons. The molecule has 168 valence electrons. The van der Waals surface area contributed by atoms with Crippen LogP contribution in [0.15, 0.2) is 30.3 Å². The number of carbonyl (C=O) groups is 1. The average molecular weight is 456 g/mol. The van der Waals surface area contributed by atoms with Crippen LogP contribution in [0.2, 0.25) is 5.02 Å². The van der Waals surface area contributed by atoms with Crippen molar-refractivity contribution in [1.82, 2.24) is 19.9 Å². The molecule has 2 aromatic heterocycles. The molecule has 0 bridgehead atoms. The summed E-state index contributed by atoms with van der Waals surface area (Å²) in [5.41, 5.74) is 4.06. The maximum absolute atomic E-state index is 12.0. The van der Waals surface area contributed by atoms with Crippen molar-refractivity contribution in [2.45, 2.75) is 18.9 Å². The van der Waals surface area contributed by atoms with E-state index in [1.807, 2.05) is 18.2 Å². The van der Waals surface area contributed by atoms with Gasteiger partial charge in [0.25, 0.3) is 6.01 Å². The van der Waals surface area contributed by atoms with Crippen molar-refractivity contribution < 1.29 is 14.3 Å². The van der Waals surface area contributed by atoms with E-state index in [0.717, 1.165) is 43.1 Å². The number of fused-ring (bicyclic) bond motifs is 1. The van der Waals surface area contributed by atoms with Crippen LogP contribution in [0.4, 0.5) is 5.69 Å². The molecule has 2 aliphatic rings. The fraction of sp³-hybridized carbons (Fsp3) is 0.435. The van der Waals surface area contributed by atoms with Crippen molar-refractivity contribution in [3.63, 3.8) is 0 Å². The van der Waals surface area contributed by atoms with Gasteiger partial charge in [0.05, 0.1) is 29.4 Å². The van der Waals surface area contributed by atoms with Crippen LogP contribution in [0.3, 0.4) is 0 Å². The van der Waals surface area contributed by atoms with Gasteiger partial charge in [-0.2, -0.15) is 4.98 Å². The summed E-state index contributed by atoms with van der Waals surface area (Å²) in [4.78, 5) is 28.2. The summed E-state index contributed by atoms with van der Waals surface area (Å²) in [5, 5.41) is 0.548. The van der Waals surface area contributed by atoms with Gasteiger partial charge < -0.3 is 24.3 Å². The largest absolute Gasteiger partial charge is 0.461 e. The molecule has 1 saturated heterocycles. The van der Waals surface area contributed by atoms with E-state index in [-0.39, 0.29) is 17.9 Å². The van der Waals surface area contributed by atoms with Crippen LogP contribution in [0.1, 0.15) is 12.8 Å². The molecule has 1 aliphatic carbocycles. The number of aromatic nitrogens is 3. The summed E-state index contributed by atoms with van der Waals surface area (Å²) in [5.74, 6) is 0.172. The number of anilines is 1. The van der Waals surface area contributed by atoms with Gasteiger partial charge in [-0.05, 0) is 31.0 Å². The maximum Gasteiger partial charge on any atom is 0.296 e. The minimum atomic E-state index is -0.0212. The van der Waals surface area contributed by atoms with Gasteiger partial charge in [0, 0.05) is 44.4 Å². The molecule has 0 atom stereocenters. The Morgan fingerprint density at radius 3 is 2.59 bits per heavy atom. The molecule has 1 amide bonds. The third kappa shape index (κ3) is 4.12. The monoisotopic (exact) mass is 455 g/mol. The third-order valence-electron chi connectivity index (χ3n) is 6.09. The molecule has 3 heterocycles. The van der Waals surface area contributed by atoms with Crippen LogP contribution >= 0.6 is 11.6 Å². The molecular formula is C23H26ClN5O3. The Hall–Kier alpha value is -2.84. The first-order valence-corrected chi connectivity index (χ1v) is 11.2. The molecule has 3 aromatic rings. The van der Waals surface area contributed by atoms with Crippen LogP contribution in [0.5, 0.6) is 6.01 Å². The molecule has 0 unspecified atom stereocenters. The molecule has 8 nitrogen and oxygen atoms in total. The van der Waals surface area contributed by atoms with Gasteiger partial charge in [0.15, 0.2) is 5.65 Å². The molecule has 32 heavy (non-hydrogen) atoms. The highest BCUT2D eigenvalue weighted by atomic mass is 35.5. The number of hydrogen-bond donors (Lipinski definition) is 1. The number of nitrogens with one attached hydrogen (secondary N) is 1. The average Bonchev–Trinajstić information content (AvgIpc) is 3.17. The highest BCUT2D eigenvalue weighted by Crippen LogP contribution is 2.34. The topological polar surface area (TPSA) is 83.6 Å².